The molecule has 1 amide bonds. The molecule has 1 atom stereocenters. The molecule has 21 heavy (non-hydrogen) atoms. The van der Waals surface area contributed by atoms with E-state index < -0.39 is 11.2 Å². The van der Waals surface area contributed by atoms with Crippen molar-refractivity contribution in [2.75, 3.05) is 19.7 Å². The standard InChI is InChI=1S/C14H21N3O4/c1-3-10-8-17(6-7-21-10)12(18)5-4-11-9(2)15-14(20)16-13(11)19/h10H,3-8H2,1-2H3,(H2,15,16,19,20). The van der Waals surface area contributed by atoms with Gasteiger partial charge in [0.2, 0.25) is 5.91 Å². The van der Waals surface area contributed by atoms with E-state index in [1.54, 1.807) is 11.8 Å². The highest BCUT2D eigenvalue weighted by atomic mass is 16.5. The average molecular weight is 295 g/mol. The lowest BCUT2D eigenvalue weighted by Crippen LogP contribution is -2.45. The smallest absolute Gasteiger partial charge is 0.325 e. The zero-order valence-electron chi connectivity index (χ0n) is 12.4. The lowest BCUT2D eigenvalue weighted by atomic mass is 10.1. The predicted octanol–water partition coefficient (Wildman–Crippen LogP) is -0.0584. The van der Waals surface area contributed by atoms with Gasteiger partial charge < -0.3 is 14.6 Å². The number of carbonyl (C=O) groups excluding carboxylic acids is 1. The number of rotatable bonds is 4. The summed E-state index contributed by atoms with van der Waals surface area (Å²) in [6.45, 7) is 5.45. The molecule has 0 aromatic carbocycles. The molecule has 1 aromatic heterocycles. The van der Waals surface area contributed by atoms with E-state index >= 15 is 0 Å². The van der Waals surface area contributed by atoms with E-state index in [2.05, 4.69) is 9.97 Å². The maximum Gasteiger partial charge on any atom is 0.325 e. The van der Waals surface area contributed by atoms with Crippen molar-refractivity contribution in [3.8, 4) is 0 Å². The summed E-state index contributed by atoms with van der Waals surface area (Å²) in [5.41, 5.74) is 0.0391. The van der Waals surface area contributed by atoms with E-state index in [-0.39, 0.29) is 18.4 Å². The summed E-state index contributed by atoms with van der Waals surface area (Å²) in [6, 6.07) is 0. The number of hydrogen-bond donors (Lipinski definition) is 2. The number of nitrogens with zero attached hydrogens (tertiary/aromatic N) is 1. The predicted molar refractivity (Wildman–Crippen MR) is 77.4 cm³/mol. The Bertz CT molecular complexity index is 619. The van der Waals surface area contributed by atoms with E-state index in [9.17, 15) is 14.4 Å². The molecule has 2 rings (SSSR count). The van der Waals surface area contributed by atoms with Crippen LogP contribution in [0, 0.1) is 6.92 Å². The maximum absolute atomic E-state index is 12.2. The fourth-order valence-electron chi connectivity index (χ4n) is 2.51. The molecule has 0 radical (unpaired) electrons. The number of aromatic nitrogens is 2. The first-order valence-electron chi connectivity index (χ1n) is 7.22. The van der Waals surface area contributed by atoms with Crippen molar-refractivity contribution in [1.29, 1.82) is 0 Å². The quantitative estimate of drug-likeness (QED) is 0.813. The van der Waals surface area contributed by atoms with E-state index in [0.717, 1.165) is 6.42 Å². The van der Waals surface area contributed by atoms with Crippen LogP contribution in [0.4, 0.5) is 0 Å². The van der Waals surface area contributed by atoms with Gasteiger partial charge in [-0.3, -0.25) is 14.6 Å². The van der Waals surface area contributed by atoms with Gasteiger partial charge in [-0.25, -0.2) is 4.79 Å². The Morgan fingerprint density at radius 2 is 2.14 bits per heavy atom. The molecule has 2 heterocycles. The van der Waals surface area contributed by atoms with Gasteiger partial charge in [-0.15, -0.1) is 0 Å². The van der Waals surface area contributed by atoms with Gasteiger partial charge in [0.25, 0.3) is 5.56 Å². The molecule has 1 aromatic rings. The van der Waals surface area contributed by atoms with Crippen molar-refractivity contribution in [3.05, 3.63) is 32.1 Å². The normalized spacial score (nSPS) is 18.8. The van der Waals surface area contributed by atoms with Crippen molar-refractivity contribution in [2.24, 2.45) is 0 Å². The SMILES string of the molecule is CCC1CN(C(=O)CCc2c(C)[nH]c(=O)[nH]c2=O)CCO1. The Labute approximate surface area is 122 Å². The topological polar surface area (TPSA) is 95.3 Å². The highest BCUT2D eigenvalue weighted by molar-refractivity contribution is 5.76. The van der Waals surface area contributed by atoms with Gasteiger partial charge in [-0.2, -0.15) is 0 Å². The molecular formula is C14H21N3O4. The molecule has 116 valence electrons. The van der Waals surface area contributed by atoms with Crippen molar-refractivity contribution in [1.82, 2.24) is 14.9 Å². The van der Waals surface area contributed by atoms with Gasteiger partial charge >= 0.3 is 5.69 Å². The summed E-state index contributed by atoms with van der Waals surface area (Å²) in [6.07, 6.45) is 1.56. The Hall–Kier alpha value is -1.89. The first kappa shape index (κ1) is 15.5. The fourth-order valence-corrected chi connectivity index (χ4v) is 2.51. The van der Waals surface area contributed by atoms with Gasteiger partial charge in [-0.05, 0) is 19.8 Å². The highest BCUT2D eigenvalue weighted by Gasteiger charge is 2.23. The number of aryl methyl sites for hydroxylation is 1. The minimum atomic E-state index is -0.522. The van der Waals surface area contributed by atoms with Gasteiger partial charge in [-0.1, -0.05) is 6.92 Å². The number of nitrogens with one attached hydrogen (secondary N) is 2. The largest absolute Gasteiger partial charge is 0.375 e. The van der Waals surface area contributed by atoms with Crippen LogP contribution in [0.2, 0.25) is 0 Å². The summed E-state index contributed by atoms with van der Waals surface area (Å²) in [4.78, 5) is 41.6. The zero-order valence-corrected chi connectivity index (χ0v) is 12.4. The Morgan fingerprint density at radius 1 is 1.38 bits per heavy atom. The van der Waals surface area contributed by atoms with Gasteiger partial charge in [0.1, 0.15) is 0 Å². The van der Waals surface area contributed by atoms with Crippen LogP contribution in [0.3, 0.4) is 0 Å². The van der Waals surface area contributed by atoms with Crippen molar-refractivity contribution in [3.63, 3.8) is 0 Å². The van der Waals surface area contributed by atoms with E-state index in [0.29, 0.717) is 37.4 Å². The second-order valence-corrected chi connectivity index (χ2v) is 5.25. The van der Waals surface area contributed by atoms with Gasteiger partial charge in [0, 0.05) is 30.8 Å². The van der Waals surface area contributed by atoms with Crippen LogP contribution in [0.25, 0.3) is 0 Å². The second kappa shape index (κ2) is 6.71. The first-order valence-corrected chi connectivity index (χ1v) is 7.22. The summed E-state index contributed by atoms with van der Waals surface area (Å²) in [7, 11) is 0. The number of hydrogen-bond acceptors (Lipinski definition) is 4. The second-order valence-electron chi connectivity index (χ2n) is 5.25. The molecule has 0 saturated carbocycles. The molecule has 1 saturated heterocycles. The molecule has 0 spiro atoms. The minimum absolute atomic E-state index is 0.0155. The maximum atomic E-state index is 12.2. The Kier molecular flexibility index (Phi) is 4.95. The van der Waals surface area contributed by atoms with E-state index in [1.165, 1.54) is 0 Å². The number of carbonyl (C=O) groups is 1. The third-order valence-corrected chi connectivity index (χ3v) is 3.79. The first-order chi connectivity index (χ1) is 10.0. The number of H-pyrrole nitrogens is 2. The summed E-state index contributed by atoms with van der Waals surface area (Å²) < 4.78 is 5.53. The molecule has 1 aliphatic rings. The molecule has 7 heteroatoms. The average Bonchev–Trinajstić information content (AvgIpc) is 2.46. The number of aromatic amines is 2. The van der Waals surface area contributed by atoms with Gasteiger partial charge in [0.15, 0.2) is 0 Å². The van der Waals surface area contributed by atoms with Gasteiger partial charge in [0.05, 0.1) is 12.7 Å². The van der Waals surface area contributed by atoms with Crippen LogP contribution in [0.5, 0.6) is 0 Å². The molecule has 1 fully saturated rings. The van der Waals surface area contributed by atoms with E-state index in [4.69, 9.17) is 4.74 Å². The number of ether oxygens (including phenoxy) is 1. The molecule has 7 nitrogen and oxygen atoms in total. The number of morpholine rings is 1. The Morgan fingerprint density at radius 3 is 2.81 bits per heavy atom. The minimum Gasteiger partial charge on any atom is -0.375 e. The third kappa shape index (κ3) is 3.81. The summed E-state index contributed by atoms with van der Waals surface area (Å²) in [5.74, 6) is 0.0155. The molecule has 0 bridgehead atoms. The van der Waals surface area contributed by atoms with Crippen LogP contribution in [0.15, 0.2) is 9.59 Å². The van der Waals surface area contributed by atoms with Crippen LogP contribution >= 0.6 is 0 Å². The lowest BCUT2D eigenvalue weighted by Gasteiger charge is -2.32. The third-order valence-electron chi connectivity index (χ3n) is 3.79. The molecule has 1 aliphatic heterocycles. The lowest BCUT2D eigenvalue weighted by molar-refractivity contribution is -0.138. The van der Waals surface area contributed by atoms with E-state index in [1.807, 2.05) is 6.92 Å². The zero-order chi connectivity index (χ0) is 15.4. The van der Waals surface area contributed by atoms with Crippen molar-refractivity contribution < 1.29 is 9.53 Å². The van der Waals surface area contributed by atoms with Crippen LogP contribution < -0.4 is 11.2 Å². The van der Waals surface area contributed by atoms with Crippen molar-refractivity contribution in [2.45, 2.75) is 39.2 Å². The summed E-state index contributed by atoms with van der Waals surface area (Å²) >= 11 is 0. The van der Waals surface area contributed by atoms with Crippen LogP contribution in [-0.2, 0) is 16.0 Å². The molecule has 2 N–H and O–H groups in total. The molecule has 1 unspecified atom stereocenters. The highest BCUT2D eigenvalue weighted by Crippen LogP contribution is 2.10. The van der Waals surface area contributed by atoms with Crippen LogP contribution in [-0.4, -0.2) is 46.6 Å². The number of amides is 1. The fraction of sp³-hybridized carbons (Fsp3) is 0.643. The monoisotopic (exact) mass is 295 g/mol. The van der Waals surface area contributed by atoms with Crippen LogP contribution in [0.1, 0.15) is 31.0 Å². The molecular weight excluding hydrogens is 274 g/mol. The Balaban J connectivity index is 1.98. The van der Waals surface area contributed by atoms with Crippen molar-refractivity contribution >= 4 is 5.91 Å². The summed E-state index contributed by atoms with van der Waals surface area (Å²) in [5, 5.41) is 0. The molecule has 0 aliphatic carbocycles.